The Balaban J connectivity index is 2.76. The molecule has 0 aliphatic heterocycles. The standard InChI is InChI=1S/C11H9F3O5/c12-11(13,14)19-7-3-1-6(2-4-7)5-8(9(15)16)10(17)18/h1-4,8H,5H2,(H,15,16)(H,17,18). The van der Waals surface area contributed by atoms with Gasteiger partial charge in [-0.15, -0.1) is 13.2 Å². The Labute approximate surface area is 105 Å². The molecule has 19 heavy (non-hydrogen) atoms. The van der Waals surface area contributed by atoms with Gasteiger partial charge in [-0.2, -0.15) is 0 Å². The van der Waals surface area contributed by atoms with Crippen LogP contribution in [0.15, 0.2) is 24.3 Å². The first-order valence-electron chi connectivity index (χ1n) is 4.99. The minimum Gasteiger partial charge on any atom is -0.481 e. The zero-order chi connectivity index (χ0) is 14.6. The average Bonchev–Trinajstić information content (AvgIpc) is 2.25. The molecule has 1 rings (SSSR count). The summed E-state index contributed by atoms with van der Waals surface area (Å²) in [5.41, 5.74) is 0.282. The second-order valence-corrected chi connectivity index (χ2v) is 3.62. The van der Waals surface area contributed by atoms with Crippen molar-refractivity contribution in [3.8, 4) is 5.75 Å². The van der Waals surface area contributed by atoms with E-state index < -0.39 is 30.0 Å². The van der Waals surface area contributed by atoms with Gasteiger partial charge in [0.2, 0.25) is 0 Å². The molecule has 0 radical (unpaired) electrons. The lowest BCUT2D eigenvalue weighted by molar-refractivity contribution is -0.274. The Hall–Kier alpha value is -2.25. The van der Waals surface area contributed by atoms with Crippen LogP contribution in [0.5, 0.6) is 5.75 Å². The summed E-state index contributed by atoms with van der Waals surface area (Å²) in [6.07, 6.45) is -5.14. The maximum absolute atomic E-state index is 11.9. The van der Waals surface area contributed by atoms with E-state index in [0.29, 0.717) is 0 Å². The van der Waals surface area contributed by atoms with Gasteiger partial charge in [-0.05, 0) is 24.1 Å². The molecular weight excluding hydrogens is 269 g/mol. The Kier molecular flexibility index (Phi) is 4.36. The fourth-order valence-electron chi connectivity index (χ4n) is 1.34. The highest BCUT2D eigenvalue weighted by Crippen LogP contribution is 2.23. The fraction of sp³-hybridized carbons (Fsp3) is 0.273. The van der Waals surface area contributed by atoms with Crippen molar-refractivity contribution in [3.05, 3.63) is 29.8 Å². The number of carboxylic acid groups (broad SMARTS) is 2. The summed E-state index contributed by atoms with van der Waals surface area (Å²) < 4.78 is 39.3. The van der Waals surface area contributed by atoms with Gasteiger partial charge in [0.05, 0.1) is 0 Å². The normalized spacial score (nSPS) is 11.4. The molecule has 0 aromatic heterocycles. The van der Waals surface area contributed by atoms with Crippen molar-refractivity contribution >= 4 is 11.9 Å². The number of carbonyl (C=O) groups is 2. The van der Waals surface area contributed by atoms with Crippen LogP contribution in [0.3, 0.4) is 0 Å². The molecule has 2 N–H and O–H groups in total. The van der Waals surface area contributed by atoms with E-state index in [4.69, 9.17) is 10.2 Å². The molecule has 5 nitrogen and oxygen atoms in total. The van der Waals surface area contributed by atoms with Crippen LogP contribution in [0.4, 0.5) is 13.2 Å². The number of hydrogen-bond donors (Lipinski definition) is 2. The second-order valence-electron chi connectivity index (χ2n) is 3.62. The van der Waals surface area contributed by atoms with Crippen LogP contribution in [-0.2, 0) is 16.0 Å². The number of ether oxygens (including phenoxy) is 1. The number of carboxylic acids is 2. The summed E-state index contributed by atoms with van der Waals surface area (Å²) in [5, 5.41) is 17.3. The van der Waals surface area contributed by atoms with Crippen molar-refractivity contribution in [3.63, 3.8) is 0 Å². The molecule has 8 heteroatoms. The summed E-state index contributed by atoms with van der Waals surface area (Å²) in [6, 6.07) is 4.34. The van der Waals surface area contributed by atoms with E-state index in [2.05, 4.69) is 4.74 Å². The van der Waals surface area contributed by atoms with Crippen LogP contribution in [0.1, 0.15) is 5.56 Å². The largest absolute Gasteiger partial charge is 0.573 e. The van der Waals surface area contributed by atoms with Crippen molar-refractivity contribution in [1.82, 2.24) is 0 Å². The Bertz CT molecular complexity index is 452. The van der Waals surface area contributed by atoms with Gasteiger partial charge in [-0.3, -0.25) is 9.59 Å². The van der Waals surface area contributed by atoms with E-state index in [-0.39, 0.29) is 12.0 Å². The lowest BCUT2D eigenvalue weighted by Gasteiger charge is -2.10. The highest BCUT2D eigenvalue weighted by Gasteiger charge is 2.31. The minimum atomic E-state index is -4.81. The minimum absolute atomic E-state index is 0.282. The van der Waals surface area contributed by atoms with Gasteiger partial charge in [-0.1, -0.05) is 12.1 Å². The first kappa shape index (κ1) is 14.8. The summed E-state index contributed by atoms with van der Waals surface area (Å²) in [6.45, 7) is 0. The van der Waals surface area contributed by atoms with Gasteiger partial charge in [-0.25, -0.2) is 0 Å². The second kappa shape index (κ2) is 5.59. The summed E-state index contributed by atoms with van der Waals surface area (Å²) in [5.74, 6) is -5.13. The Morgan fingerprint density at radius 2 is 1.58 bits per heavy atom. The molecule has 0 unspecified atom stereocenters. The molecule has 0 aliphatic rings. The Morgan fingerprint density at radius 1 is 1.11 bits per heavy atom. The highest BCUT2D eigenvalue weighted by molar-refractivity contribution is 5.93. The van der Waals surface area contributed by atoms with E-state index in [1.54, 1.807) is 0 Å². The summed E-state index contributed by atoms with van der Waals surface area (Å²) in [4.78, 5) is 21.3. The third kappa shape index (κ3) is 4.86. The first-order valence-corrected chi connectivity index (χ1v) is 4.99. The zero-order valence-corrected chi connectivity index (χ0v) is 9.35. The topological polar surface area (TPSA) is 83.8 Å². The van der Waals surface area contributed by atoms with Gasteiger partial charge in [0.1, 0.15) is 5.75 Å². The molecule has 0 saturated carbocycles. The van der Waals surface area contributed by atoms with Crippen LogP contribution >= 0.6 is 0 Å². The molecule has 0 spiro atoms. The highest BCUT2D eigenvalue weighted by atomic mass is 19.4. The van der Waals surface area contributed by atoms with Crippen molar-refractivity contribution in [2.75, 3.05) is 0 Å². The quantitative estimate of drug-likeness (QED) is 0.804. The maximum atomic E-state index is 11.9. The van der Waals surface area contributed by atoms with E-state index in [1.165, 1.54) is 12.1 Å². The smallest absolute Gasteiger partial charge is 0.481 e. The van der Waals surface area contributed by atoms with Crippen LogP contribution in [0, 0.1) is 5.92 Å². The zero-order valence-electron chi connectivity index (χ0n) is 9.35. The van der Waals surface area contributed by atoms with Gasteiger partial charge >= 0.3 is 18.3 Å². The number of rotatable bonds is 5. The molecule has 1 aromatic carbocycles. The van der Waals surface area contributed by atoms with Crippen molar-refractivity contribution in [2.24, 2.45) is 5.92 Å². The molecular formula is C11H9F3O5. The monoisotopic (exact) mass is 278 g/mol. The summed E-state index contributed by atoms with van der Waals surface area (Å²) >= 11 is 0. The van der Waals surface area contributed by atoms with Crippen molar-refractivity contribution in [1.29, 1.82) is 0 Å². The van der Waals surface area contributed by atoms with Gasteiger partial charge < -0.3 is 14.9 Å². The maximum Gasteiger partial charge on any atom is 0.573 e. The van der Waals surface area contributed by atoms with Crippen molar-refractivity contribution in [2.45, 2.75) is 12.8 Å². The number of alkyl halides is 3. The SMILES string of the molecule is O=C(O)C(Cc1ccc(OC(F)(F)F)cc1)C(=O)O. The molecule has 0 bridgehead atoms. The van der Waals surface area contributed by atoms with Gasteiger partial charge in [0.15, 0.2) is 5.92 Å². The molecule has 0 aliphatic carbocycles. The summed E-state index contributed by atoms with van der Waals surface area (Å²) in [7, 11) is 0. The first-order chi connectivity index (χ1) is 8.69. The van der Waals surface area contributed by atoms with Crippen molar-refractivity contribution < 1.29 is 37.7 Å². The average molecular weight is 278 g/mol. The van der Waals surface area contributed by atoms with Gasteiger partial charge in [0, 0.05) is 0 Å². The van der Waals surface area contributed by atoms with E-state index in [0.717, 1.165) is 12.1 Å². The van der Waals surface area contributed by atoms with Crippen LogP contribution in [0.25, 0.3) is 0 Å². The number of halogens is 3. The molecule has 0 amide bonds. The van der Waals surface area contributed by atoms with Gasteiger partial charge in [0.25, 0.3) is 0 Å². The third-order valence-corrected chi connectivity index (χ3v) is 2.19. The number of hydrogen-bond acceptors (Lipinski definition) is 3. The molecule has 1 aromatic rings. The van der Waals surface area contributed by atoms with Crippen LogP contribution < -0.4 is 4.74 Å². The van der Waals surface area contributed by atoms with E-state index in [1.807, 2.05) is 0 Å². The third-order valence-electron chi connectivity index (χ3n) is 2.19. The van der Waals surface area contributed by atoms with Crippen LogP contribution in [-0.4, -0.2) is 28.5 Å². The molecule has 0 saturated heterocycles. The Morgan fingerprint density at radius 3 is 1.95 bits per heavy atom. The molecule has 0 fully saturated rings. The number of benzene rings is 1. The molecule has 0 atom stereocenters. The lowest BCUT2D eigenvalue weighted by atomic mass is 10.00. The van der Waals surface area contributed by atoms with Crippen LogP contribution in [0.2, 0.25) is 0 Å². The lowest BCUT2D eigenvalue weighted by Crippen LogP contribution is -2.25. The molecule has 104 valence electrons. The predicted octanol–water partition coefficient (Wildman–Crippen LogP) is 1.91. The van der Waals surface area contributed by atoms with E-state index >= 15 is 0 Å². The predicted molar refractivity (Wildman–Crippen MR) is 55.6 cm³/mol. The number of aliphatic carboxylic acids is 2. The van der Waals surface area contributed by atoms with E-state index in [9.17, 15) is 22.8 Å². The molecule has 0 heterocycles. The fourth-order valence-corrected chi connectivity index (χ4v) is 1.34.